The van der Waals surface area contributed by atoms with Crippen molar-refractivity contribution in [3.63, 3.8) is 0 Å². The summed E-state index contributed by atoms with van der Waals surface area (Å²) in [5.74, 6) is -0.926. The van der Waals surface area contributed by atoms with Crippen LogP contribution in [0.3, 0.4) is 0 Å². The Morgan fingerprint density at radius 3 is 2.74 bits per heavy atom. The Bertz CT molecular complexity index is 413. The molecule has 19 heavy (non-hydrogen) atoms. The number of rotatable bonds is 5. The van der Waals surface area contributed by atoms with Crippen molar-refractivity contribution < 1.29 is 9.90 Å². The van der Waals surface area contributed by atoms with Crippen LogP contribution in [0.15, 0.2) is 18.3 Å². The van der Waals surface area contributed by atoms with Gasteiger partial charge < -0.3 is 10.4 Å². The van der Waals surface area contributed by atoms with Crippen molar-refractivity contribution in [2.75, 3.05) is 19.6 Å². The molecular weight excluding hydrogens is 242 g/mol. The topological polar surface area (TPSA) is 65.5 Å². The number of hydrogen-bond donors (Lipinski definition) is 2. The zero-order valence-electron chi connectivity index (χ0n) is 11.3. The van der Waals surface area contributed by atoms with Crippen molar-refractivity contribution in [1.29, 1.82) is 0 Å². The molecule has 0 amide bonds. The number of aromatic carboxylic acids is 1. The first-order valence-corrected chi connectivity index (χ1v) is 6.83. The summed E-state index contributed by atoms with van der Waals surface area (Å²) in [5, 5.41) is 12.2. The standard InChI is InChI=1S/C14H21N3O2/c1-2-17(13-5-7-15-8-6-13)10-12-4-3-11(9-16-12)14(18)19/h3-4,9,13,15H,2,5-8,10H2,1H3,(H,18,19). The number of carbonyl (C=O) groups is 1. The Morgan fingerprint density at radius 2 is 2.21 bits per heavy atom. The minimum atomic E-state index is -0.926. The van der Waals surface area contributed by atoms with Gasteiger partial charge in [-0.1, -0.05) is 6.92 Å². The molecule has 0 aliphatic carbocycles. The van der Waals surface area contributed by atoms with Crippen LogP contribution in [-0.4, -0.2) is 46.6 Å². The molecule has 1 aromatic heterocycles. The van der Waals surface area contributed by atoms with E-state index in [0.29, 0.717) is 6.04 Å². The SMILES string of the molecule is CCN(Cc1ccc(C(=O)O)cn1)C1CCNCC1. The number of carboxylic acid groups (broad SMARTS) is 1. The zero-order valence-corrected chi connectivity index (χ0v) is 11.3. The second-order valence-electron chi connectivity index (χ2n) is 4.89. The van der Waals surface area contributed by atoms with E-state index in [0.717, 1.165) is 31.9 Å². The number of nitrogens with zero attached hydrogens (tertiary/aromatic N) is 2. The molecule has 1 fully saturated rings. The van der Waals surface area contributed by atoms with Gasteiger partial charge in [0.1, 0.15) is 0 Å². The van der Waals surface area contributed by atoms with Gasteiger partial charge in [0.15, 0.2) is 0 Å². The summed E-state index contributed by atoms with van der Waals surface area (Å²) >= 11 is 0. The summed E-state index contributed by atoms with van der Waals surface area (Å²) in [6.45, 7) is 6.10. The first-order valence-electron chi connectivity index (χ1n) is 6.83. The van der Waals surface area contributed by atoms with E-state index in [2.05, 4.69) is 22.1 Å². The van der Waals surface area contributed by atoms with Gasteiger partial charge in [-0.15, -0.1) is 0 Å². The highest BCUT2D eigenvalue weighted by atomic mass is 16.4. The van der Waals surface area contributed by atoms with E-state index in [1.807, 2.05) is 6.07 Å². The normalized spacial score (nSPS) is 16.7. The second-order valence-corrected chi connectivity index (χ2v) is 4.89. The van der Waals surface area contributed by atoms with Gasteiger partial charge in [-0.25, -0.2) is 4.79 Å². The summed E-state index contributed by atoms with van der Waals surface area (Å²) in [7, 11) is 0. The Hall–Kier alpha value is -1.46. The van der Waals surface area contributed by atoms with Gasteiger partial charge in [-0.2, -0.15) is 0 Å². The van der Waals surface area contributed by atoms with E-state index in [1.165, 1.54) is 19.0 Å². The van der Waals surface area contributed by atoms with Crippen molar-refractivity contribution in [3.8, 4) is 0 Å². The van der Waals surface area contributed by atoms with Crippen LogP contribution in [0.2, 0.25) is 0 Å². The van der Waals surface area contributed by atoms with Gasteiger partial charge >= 0.3 is 5.97 Å². The largest absolute Gasteiger partial charge is 0.478 e. The monoisotopic (exact) mass is 263 g/mol. The van der Waals surface area contributed by atoms with Crippen LogP contribution >= 0.6 is 0 Å². The number of nitrogens with one attached hydrogen (secondary N) is 1. The van der Waals surface area contributed by atoms with Crippen molar-refractivity contribution in [2.45, 2.75) is 32.4 Å². The number of hydrogen-bond acceptors (Lipinski definition) is 4. The van der Waals surface area contributed by atoms with E-state index in [4.69, 9.17) is 5.11 Å². The van der Waals surface area contributed by atoms with Crippen molar-refractivity contribution in [1.82, 2.24) is 15.2 Å². The van der Waals surface area contributed by atoms with E-state index >= 15 is 0 Å². The summed E-state index contributed by atoms with van der Waals surface area (Å²) in [4.78, 5) is 17.4. The van der Waals surface area contributed by atoms with Gasteiger partial charge in [0, 0.05) is 18.8 Å². The van der Waals surface area contributed by atoms with E-state index < -0.39 is 5.97 Å². The molecule has 0 saturated carbocycles. The first-order chi connectivity index (χ1) is 9.20. The maximum Gasteiger partial charge on any atom is 0.337 e. The second kappa shape index (κ2) is 6.63. The lowest BCUT2D eigenvalue weighted by atomic mass is 10.0. The summed E-state index contributed by atoms with van der Waals surface area (Å²) in [6.07, 6.45) is 3.77. The third kappa shape index (κ3) is 3.75. The molecule has 5 nitrogen and oxygen atoms in total. The summed E-state index contributed by atoms with van der Waals surface area (Å²) in [5.41, 5.74) is 1.18. The van der Waals surface area contributed by atoms with Gasteiger partial charge in [0.05, 0.1) is 11.3 Å². The highest BCUT2D eigenvalue weighted by molar-refractivity contribution is 5.87. The van der Waals surface area contributed by atoms with Crippen molar-refractivity contribution in [2.24, 2.45) is 0 Å². The molecule has 1 aliphatic heterocycles. The smallest absolute Gasteiger partial charge is 0.337 e. The minimum absolute atomic E-state index is 0.244. The Morgan fingerprint density at radius 1 is 1.47 bits per heavy atom. The molecule has 0 spiro atoms. The lowest BCUT2D eigenvalue weighted by Crippen LogP contribution is -2.42. The van der Waals surface area contributed by atoms with Gasteiger partial charge in [0.2, 0.25) is 0 Å². The molecule has 0 aromatic carbocycles. The number of aromatic nitrogens is 1. The van der Waals surface area contributed by atoms with Crippen LogP contribution in [0, 0.1) is 0 Å². The molecule has 0 atom stereocenters. The lowest BCUT2D eigenvalue weighted by molar-refractivity contribution is 0.0696. The first kappa shape index (κ1) is 14.0. The van der Waals surface area contributed by atoms with Crippen LogP contribution in [0.25, 0.3) is 0 Å². The molecule has 1 aliphatic rings. The zero-order chi connectivity index (χ0) is 13.7. The Kier molecular flexibility index (Phi) is 4.87. The Labute approximate surface area is 113 Å². The highest BCUT2D eigenvalue weighted by Gasteiger charge is 2.20. The Balaban J connectivity index is 1.99. The van der Waals surface area contributed by atoms with Crippen molar-refractivity contribution in [3.05, 3.63) is 29.6 Å². The predicted octanol–water partition coefficient (Wildman–Crippen LogP) is 1.35. The van der Waals surface area contributed by atoms with E-state index in [-0.39, 0.29) is 5.56 Å². The molecule has 104 valence electrons. The molecule has 2 N–H and O–H groups in total. The van der Waals surface area contributed by atoms with Gasteiger partial charge in [0.25, 0.3) is 0 Å². The summed E-state index contributed by atoms with van der Waals surface area (Å²) < 4.78 is 0. The molecular formula is C14H21N3O2. The van der Waals surface area contributed by atoms with E-state index in [1.54, 1.807) is 6.07 Å². The fourth-order valence-electron chi connectivity index (χ4n) is 2.52. The third-order valence-corrected chi connectivity index (χ3v) is 3.67. The lowest BCUT2D eigenvalue weighted by Gasteiger charge is -2.33. The molecule has 1 saturated heterocycles. The quantitative estimate of drug-likeness (QED) is 0.839. The van der Waals surface area contributed by atoms with Crippen LogP contribution in [-0.2, 0) is 6.54 Å². The van der Waals surface area contributed by atoms with Gasteiger partial charge in [-0.05, 0) is 44.6 Å². The fourth-order valence-corrected chi connectivity index (χ4v) is 2.52. The third-order valence-electron chi connectivity index (χ3n) is 3.67. The molecule has 0 bridgehead atoms. The van der Waals surface area contributed by atoms with Crippen LogP contribution in [0.4, 0.5) is 0 Å². The molecule has 0 radical (unpaired) electrons. The van der Waals surface area contributed by atoms with Crippen LogP contribution in [0.5, 0.6) is 0 Å². The number of pyridine rings is 1. The molecule has 5 heteroatoms. The maximum atomic E-state index is 10.8. The molecule has 1 aromatic rings. The molecule has 0 unspecified atom stereocenters. The summed E-state index contributed by atoms with van der Waals surface area (Å²) in [6, 6.07) is 4.04. The molecule has 2 heterocycles. The fraction of sp³-hybridized carbons (Fsp3) is 0.571. The van der Waals surface area contributed by atoms with Crippen LogP contribution < -0.4 is 5.32 Å². The maximum absolute atomic E-state index is 10.8. The number of carboxylic acids is 1. The average molecular weight is 263 g/mol. The van der Waals surface area contributed by atoms with Crippen molar-refractivity contribution >= 4 is 5.97 Å². The number of piperidine rings is 1. The van der Waals surface area contributed by atoms with Gasteiger partial charge in [-0.3, -0.25) is 9.88 Å². The molecule has 2 rings (SSSR count). The minimum Gasteiger partial charge on any atom is -0.478 e. The van der Waals surface area contributed by atoms with Crippen LogP contribution in [0.1, 0.15) is 35.8 Å². The van der Waals surface area contributed by atoms with E-state index in [9.17, 15) is 4.79 Å². The predicted molar refractivity (Wildman–Crippen MR) is 73.2 cm³/mol. The average Bonchev–Trinajstić information content (AvgIpc) is 2.46. The highest BCUT2D eigenvalue weighted by Crippen LogP contribution is 2.14.